The third-order valence-electron chi connectivity index (χ3n) is 6.18. The van der Waals surface area contributed by atoms with Gasteiger partial charge < -0.3 is 25.4 Å². The van der Waals surface area contributed by atoms with Crippen LogP contribution in [0.5, 0.6) is 0 Å². The summed E-state index contributed by atoms with van der Waals surface area (Å²) in [5.41, 5.74) is 3.60. The number of esters is 1. The second-order valence-corrected chi connectivity index (χ2v) is 14.3. The Bertz CT molecular complexity index is 1380. The van der Waals surface area contributed by atoms with E-state index in [4.69, 9.17) is 24.3 Å². The smallest absolute Gasteiger partial charge is 0.406 e. The minimum atomic E-state index is -4.19. The van der Waals surface area contributed by atoms with Gasteiger partial charge in [-0.05, 0) is 34.6 Å². The van der Waals surface area contributed by atoms with E-state index in [0.717, 1.165) is 11.8 Å². The van der Waals surface area contributed by atoms with Gasteiger partial charge in [0.2, 0.25) is 5.95 Å². The van der Waals surface area contributed by atoms with Crippen molar-refractivity contribution in [1.29, 1.82) is 0 Å². The van der Waals surface area contributed by atoms with Crippen LogP contribution < -0.4 is 16.4 Å². The topological polar surface area (TPSA) is 230 Å². The molecule has 0 aromatic carbocycles. The monoisotopic (exact) mass is 634 g/mol. The zero-order chi connectivity index (χ0) is 31.5. The Labute approximate surface area is 246 Å². The van der Waals surface area contributed by atoms with Crippen LogP contribution >= 0.6 is 19.5 Å². The Balaban J connectivity index is 1.69. The molecular formula is C24H39N6O10PS. The maximum Gasteiger partial charge on any atom is 0.406 e. The van der Waals surface area contributed by atoms with Gasteiger partial charge in [0, 0.05) is 11.7 Å². The molecule has 0 spiro atoms. The van der Waals surface area contributed by atoms with Gasteiger partial charge >= 0.3 is 13.7 Å². The summed E-state index contributed by atoms with van der Waals surface area (Å²) in [4.78, 5) is 47.2. The van der Waals surface area contributed by atoms with Crippen molar-refractivity contribution in [2.45, 2.75) is 65.6 Å². The summed E-state index contributed by atoms with van der Waals surface area (Å²) in [6.07, 6.45) is -1.57. The molecule has 16 nitrogen and oxygen atoms in total. The van der Waals surface area contributed by atoms with E-state index in [1.807, 2.05) is 0 Å². The van der Waals surface area contributed by atoms with Gasteiger partial charge in [0.1, 0.15) is 24.5 Å². The summed E-state index contributed by atoms with van der Waals surface area (Å²) < 4.78 is 37.3. The first kappa shape index (κ1) is 34.1. The van der Waals surface area contributed by atoms with Crippen molar-refractivity contribution < 1.29 is 42.9 Å². The predicted octanol–water partition coefficient (Wildman–Crippen LogP) is 0.947. The van der Waals surface area contributed by atoms with E-state index in [1.165, 1.54) is 10.9 Å². The Morgan fingerprint density at radius 2 is 1.98 bits per heavy atom. The number of nitrogen functional groups attached to an aromatic ring is 1. The lowest BCUT2D eigenvalue weighted by molar-refractivity contribution is -0.153. The fourth-order valence-electron chi connectivity index (χ4n) is 3.87. The summed E-state index contributed by atoms with van der Waals surface area (Å²) in [7, 11) is -4.19. The van der Waals surface area contributed by atoms with E-state index in [1.54, 1.807) is 41.5 Å². The summed E-state index contributed by atoms with van der Waals surface area (Å²) in [6, 6.07) is 0. The number of aliphatic hydroxyl groups is 2. The summed E-state index contributed by atoms with van der Waals surface area (Å²) in [5, 5.41) is 22.4. The lowest BCUT2D eigenvalue weighted by Gasteiger charge is -2.24. The first-order valence-electron chi connectivity index (χ1n) is 13.2. The number of aliphatic hydroxyl groups excluding tert-OH is 2. The molecule has 1 saturated heterocycles. The number of nitrogens with zero attached hydrogens (tertiary/aromatic N) is 3. The van der Waals surface area contributed by atoms with Crippen molar-refractivity contribution in [3.8, 4) is 0 Å². The highest BCUT2D eigenvalue weighted by Crippen LogP contribution is 2.45. The standard InChI is InChI=1S/C24H39N6O10PS/c1-13-17(33)14(39-20(13)30-12-26-16-18(30)28-22(25)29-19(16)34)10-38-41(36,27-9-15(32)40-23(2,3)4)37-7-8-42-21(35)24(5,6)11-31/h12-14,17,20,31,33H,7-11H2,1-6H3,(H,27,36)(H3,25,28,29,34). The van der Waals surface area contributed by atoms with E-state index in [0.29, 0.717) is 0 Å². The SMILES string of the molecule is CC1C(O)C(COP(=O)(NCC(=O)OC(C)(C)C)OCCSC(=O)C(C)(C)CO)OC1n1cnc2c(=O)[nH]c(N)nc21. The average molecular weight is 635 g/mol. The van der Waals surface area contributed by atoms with E-state index in [2.05, 4.69) is 20.0 Å². The van der Waals surface area contributed by atoms with E-state index in [9.17, 15) is 29.2 Å². The molecule has 18 heteroatoms. The Kier molecular flexibility index (Phi) is 11.0. The van der Waals surface area contributed by atoms with Crippen molar-refractivity contribution in [2.75, 3.05) is 37.9 Å². The van der Waals surface area contributed by atoms with Crippen LogP contribution in [0, 0.1) is 11.3 Å². The van der Waals surface area contributed by atoms with Crippen molar-refractivity contribution in [2.24, 2.45) is 11.3 Å². The molecule has 0 aliphatic carbocycles. The van der Waals surface area contributed by atoms with Crippen LogP contribution in [0.2, 0.25) is 0 Å². The Morgan fingerprint density at radius 3 is 2.62 bits per heavy atom. The van der Waals surface area contributed by atoms with Gasteiger partial charge in [-0.15, -0.1) is 0 Å². The molecule has 6 N–H and O–H groups in total. The van der Waals surface area contributed by atoms with Gasteiger partial charge in [-0.1, -0.05) is 18.7 Å². The van der Waals surface area contributed by atoms with Crippen molar-refractivity contribution in [3.63, 3.8) is 0 Å². The first-order chi connectivity index (χ1) is 19.5. The van der Waals surface area contributed by atoms with Crippen LogP contribution in [0.1, 0.15) is 47.8 Å². The normalized spacial score (nSPS) is 22.8. The molecule has 5 unspecified atom stereocenters. The van der Waals surface area contributed by atoms with Crippen molar-refractivity contribution >= 4 is 47.7 Å². The number of rotatable bonds is 13. The number of nitrogens with two attached hydrogens (primary N) is 1. The number of aromatic nitrogens is 4. The van der Waals surface area contributed by atoms with Gasteiger partial charge in [-0.3, -0.25) is 33.0 Å². The van der Waals surface area contributed by atoms with E-state index >= 15 is 0 Å². The van der Waals surface area contributed by atoms with Crippen LogP contribution in [0.15, 0.2) is 11.1 Å². The Hall–Kier alpha value is -2.37. The predicted molar refractivity (Wildman–Crippen MR) is 153 cm³/mol. The minimum Gasteiger partial charge on any atom is -0.459 e. The second-order valence-electron chi connectivity index (χ2n) is 11.4. The number of aromatic amines is 1. The number of ether oxygens (including phenoxy) is 2. The quantitative estimate of drug-likeness (QED) is 0.117. The Morgan fingerprint density at radius 1 is 1.29 bits per heavy atom. The number of fused-ring (bicyclic) bond motifs is 1. The number of carbonyl (C=O) groups is 2. The summed E-state index contributed by atoms with van der Waals surface area (Å²) in [6.45, 7) is 8.48. The number of thioether (sulfide) groups is 1. The second kappa shape index (κ2) is 13.5. The fourth-order valence-corrected chi connectivity index (χ4v) is 6.05. The van der Waals surface area contributed by atoms with Crippen molar-refractivity contribution in [1.82, 2.24) is 24.6 Å². The highest BCUT2D eigenvalue weighted by Gasteiger charge is 2.44. The molecule has 3 heterocycles. The zero-order valence-corrected chi connectivity index (χ0v) is 26.1. The molecule has 1 fully saturated rings. The number of nitrogens with one attached hydrogen (secondary N) is 2. The lowest BCUT2D eigenvalue weighted by atomic mass is 9.97. The number of imidazole rings is 1. The molecule has 1 aliphatic heterocycles. The molecule has 3 rings (SSSR count). The highest BCUT2D eigenvalue weighted by atomic mass is 32.2. The minimum absolute atomic E-state index is 0.0390. The highest BCUT2D eigenvalue weighted by molar-refractivity contribution is 8.13. The maximum absolute atomic E-state index is 13.6. The molecule has 42 heavy (non-hydrogen) atoms. The van der Waals surface area contributed by atoms with Crippen LogP contribution in [-0.2, 0) is 32.7 Å². The average Bonchev–Trinajstić information content (AvgIpc) is 3.43. The molecule has 5 atom stereocenters. The third kappa shape index (κ3) is 8.60. The molecular weight excluding hydrogens is 595 g/mol. The van der Waals surface area contributed by atoms with Gasteiger partial charge in [0.05, 0.1) is 37.7 Å². The van der Waals surface area contributed by atoms with E-state index in [-0.39, 0.29) is 41.2 Å². The number of anilines is 1. The van der Waals surface area contributed by atoms with Crippen LogP contribution in [0.25, 0.3) is 11.2 Å². The van der Waals surface area contributed by atoms with Crippen molar-refractivity contribution in [3.05, 3.63) is 16.7 Å². The number of hydrogen-bond donors (Lipinski definition) is 5. The number of carbonyl (C=O) groups excluding carboxylic acids is 2. The zero-order valence-electron chi connectivity index (χ0n) is 24.4. The van der Waals surface area contributed by atoms with Gasteiger partial charge in [-0.2, -0.15) is 4.98 Å². The molecule has 2 aromatic rings. The summed E-state index contributed by atoms with van der Waals surface area (Å²) in [5.74, 6) is -1.27. The number of H-pyrrole nitrogens is 1. The summed E-state index contributed by atoms with van der Waals surface area (Å²) >= 11 is 0.894. The maximum atomic E-state index is 13.6. The molecule has 1 aliphatic rings. The van der Waals surface area contributed by atoms with Gasteiger partial charge in [0.25, 0.3) is 5.56 Å². The first-order valence-corrected chi connectivity index (χ1v) is 15.7. The van der Waals surface area contributed by atoms with Gasteiger partial charge in [-0.25, -0.2) is 14.6 Å². The number of hydrogen-bond acceptors (Lipinski definition) is 14. The van der Waals surface area contributed by atoms with Crippen LogP contribution in [-0.4, -0.2) is 90.7 Å². The molecule has 0 bridgehead atoms. The van der Waals surface area contributed by atoms with E-state index < -0.39 is 67.8 Å². The lowest BCUT2D eigenvalue weighted by Crippen LogP contribution is -2.33. The molecule has 0 radical (unpaired) electrons. The molecule has 2 aromatic heterocycles. The fraction of sp³-hybridized carbons (Fsp3) is 0.708. The van der Waals surface area contributed by atoms with Gasteiger partial charge in [0.15, 0.2) is 16.3 Å². The van der Waals surface area contributed by atoms with Crippen LogP contribution in [0.3, 0.4) is 0 Å². The molecule has 0 amide bonds. The third-order valence-corrected chi connectivity index (χ3v) is 8.92. The molecule has 236 valence electrons. The largest absolute Gasteiger partial charge is 0.459 e. The van der Waals surface area contributed by atoms with Crippen LogP contribution in [0.4, 0.5) is 5.95 Å². The molecule has 0 saturated carbocycles.